The van der Waals surface area contributed by atoms with Gasteiger partial charge in [-0.05, 0) is 43.9 Å². The second-order valence-electron chi connectivity index (χ2n) is 6.84. The fraction of sp³-hybridized carbons (Fsp3) is 0.579. The van der Waals surface area contributed by atoms with Crippen LogP contribution in [0.5, 0.6) is 0 Å². The topological polar surface area (TPSA) is 67.4 Å². The van der Waals surface area contributed by atoms with Crippen molar-refractivity contribution in [3.63, 3.8) is 0 Å². The summed E-state index contributed by atoms with van der Waals surface area (Å²) < 4.78 is 5.27. The quantitative estimate of drug-likeness (QED) is 0.892. The number of hydrogen-bond donors (Lipinski definition) is 2. The second-order valence-corrected chi connectivity index (χ2v) is 6.84. The number of carbonyl (C=O) groups is 2. The third-order valence-corrected chi connectivity index (χ3v) is 5.08. The first-order valence-corrected chi connectivity index (χ1v) is 8.94. The molecule has 0 aromatic heterocycles. The van der Waals surface area contributed by atoms with Crippen molar-refractivity contribution in [2.45, 2.75) is 51.5 Å². The molecule has 3 rings (SSSR count). The molecule has 5 heteroatoms. The zero-order chi connectivity index (χ0) is 16.9. The Hall–Kier alpha value is -1.88. The average molecular weight is 330 g/mol. The molecule has 1 aromatic carbocycles. The summed E-state index contributed by atoms with van der Waals surface area (Å²) in [5.74, 6) is -0.163. The second kappa shape index (κ2) is 7.79. The van der Waals surface area contributed by atoms with Crippen molar-refractivity contribution < 1.29 is 14.3 Å². The van der Waals surface area contributed by atoms with Gasteiger partial charge in [0.2, 0.25) is 5.91 Å². The molecule has 2 aliphatic rings. The molecule has 1 saturated carbocycles. The number of anilines is 1. The Bertz CT molecular complexity index is 603. The zero-order valence-electron chi connectivity index (χ0n) is 14.3. The van der Waals surface area contributed by atoms with Crippen LogP contribution in [0.4, 0.5) is 5.69 Å². The van der Waals surface area contributed by atoms with Crippen molar-refractivity contribution in [3.8, 4) is 0 Å². The fourth-order valence-corrected chi connectivity index (χ4v) is 3.50. The summed E-state index contributed by atoms with van der Waals surface area (Å²) in [5, 5.41) is 6.09. The minimum atomic E-state index is -0.0934. The molecule has 1 aromatic rings. The van der Waals surface area contributed by atoms with Gasteiger partial charge in [-0.25, -0.2) is 0 Å². The molecular formula is C19H26N2O3. The van der Waals surface area contributed by atoms with Gasteiger partial charge in [0, 0.05) is 23.9 Å². The number of hydrogen-bond acceptors (Lipinski definition) is 3. The van der Waals surface area contributed by atoms with Crippen molar-refractivity contribution in [3.05, 3.63) is 29.3 Å². The SMILES string of the molecule is Cc1c(NC(=O)[C@@H]2CCOC2)cccc1C(=O)NC1CCCCC1. The molecule has 5 nitrogen and oxygen atoms in total. The van der Waals surface area contributed by atoms with Crippen molar-refractivity contribution in [2.24, 2.45) is 5.92 Å². The Morgan fingerprint density at radius 1 is 1.12 bits per heavy atom. The van der Waals surface area contributed by atoms with Crippen LogP contribution in [0.3, 0.4) is 0 Å². The lowest BCUT2D eigenvalue weighted by atomic mass is 9.95. The van der Waals surface area contributed by atoms with Crippen LogP contribution < -0.4 is 10.6 Å². The standard InChI is InChI=1S/C19H26N2O3/c1-13-16(19(23)20-15-6-3-2-4-7-15)8-5-9-17(13)21-18(22)14-10-11-24-12-14/h5,8-9,14-15H,2-4,6-7,10-12H2,1H3,(H,20,23)(H,21,22)/t14-/m1/s1. The van der Waals surface area contributed by atoms with Crippen molar-refractivity contribution in [1.82, 2.24) is 5.32 Å². The van der Waals surface area contributed by atoms with E-state index < -0.39 is 0 Å². The predicted octanol–water partition coefficient (Wildman–Crippen LogP) is 3.03. The zero-order valence-corrected chi connectivity index (χ0v) is 14.3. The lowest BCUT2D eigenvalue weighted by Crippen LogP contribution is -2.36. The van der Waals surface area contributed by atoms with Crippen LogP contribution in [0.25, 0.3) is 0 Å². The first-order valence-electron chi connectivity index (χ1n) is 8.94. The Balaban J connectivity index is 1.67. The summed E-state index contributed by atoms with van der Waals surface area (Å²) in [6, 6.07) is 5.77. The number of carbonyl (C=O) groups excluding carboxylic acids is 2. The minimum absolute atomic E-state index is 0.0274. The largest absolute Gasteiger partial charge is 0.381 e. The van der Waals surface area contributed by atoms with Gasteiger partial charge in [-0.3, -0.25) is 9.59 Å². The molecule has 24 heavy (non-hydrogen) atoms. The molecule has 1 saturated heterocycles. The summed E-state index contributed by atoms with van der Waals surface area (Å²) in [7, 11) is 0. The minimum Gasteiger partial charge on any atom is -0.381 e. The fourth-order valence-electron chi connectivity index (χ4n) is 3.50. The van der Waals surface area contributed by atoms with E-state index in [2.05, 4.69) is 10.6 Å². The van der Waals surface area contributed by atoms with E-state index in [0.29, 0.717) is 24.5 Å². The molecule has 0 radical (unpaired) electrons. The van der Waals surface area contributed by atoms with Crippen molar-refractivity contribution in [2.75, 3.05) is 18.5 Å². The van der Waals surface area contributed by atoms with E-state index in [1.165, 1.54) is 19.3 Å². The van der Waals surface area contributed by atoms with Crippen LogP contribution in [-0.4, -0.2) is 31.1 Å². The molecule has 0 unspecified atom stereocenters. The summed E-state index contributed by atoms with van der Waals surface area (Å²) in [5.41, 5.74) is 2.17. The molecule has 0 bridgehead atoms. The van der Waals surface area contributed by atoms with Crippen LogP contribution in [0.15, 0.2) is 18.2 Å². The summed E-state index contributed by atoms with van der Waals surface area (Å²) in [6.45, 7) is 3.00. The van der Waals surface area contributed by atoms with Crippen LogP contribution in [0, 0.1) is 12.8 Å². The monoisotopic (exact) mass is 330 g/mol. The van der Waals surface area contributed by atoms with Crippen LogP contribution in [0.2, 0.25) is 0 Å². The normalized spacial score (nSPS) is 21.5. The number of amides is 2. The van der Waals surface area contributed by atoms with E-state index in [9.17, 15) is 9.59 Å². The average Bonchev–Trinajstić information content (AvgIpc) is 3.12. The number of benzene rings is 1. The third kappa shape index (κ3) is 3.96. The van der Waals surface area contributed by atoms with Gasteiger partial charge in [-0.15, -0.1) is 0 Å². The summed E-state index contributed by atoms with van der Waals surface area (Å²) >= 11 is 0. The Morgan fingerprint density at radius 2 is 1.92 bits per heavy atom. The van der Waals surface area contributed by atoms with Gasteiger partial charge in [0.15, 0.2) is 0 Å². The van der Waals surface area contributed by atoms with Crippen molar-refractivity contribution in [1.29, 1.82) is 0 Å². The van der Waals surface area contributed by atoms with E-state index in [4.69, 9.17) is 4.74 Å². The predicted molar refractivity (Wildman–Crippen MR) is 93.1 cm³/mol. The van der Waals surface area contributed by atoms with Crippen molar-refractivity contribution >= 4 is 17.5 Å². The van der Waals surface area contributed by atoms with E-state index in [0.717, 1.165) is 24.8 Å². The first-order chi connectivity index (χ1) is 11.6. The maximum atomic E-state index is 12.6. The van der Waals surface area contributed by atoms with E-state index in [-0.39, 0.29) is 23.8 Å². The lowest BCUT2D eigenvalue weighted by molar-refractivity contribution is -0.119. The molecule has 2 amide bonds. The molecule has 1 atom stereocenters. The molecule has 1 aliphatic heterocycles. The molecule has 2 N–H and O–H groups in total. The van der Waals surface area contributed by atoms with Crippen LogP contribution in [0.1, 0.15) is 54.4 Å². The Morgan fingerprint density at radius 3 is 2.62 bits per heavy atom. The Kier molecular flexibility index (Phi) is 5.51. The summed E-state index contributed by atoms with van der Waals surface area (Å²) in [6.07, 6.45) is 6.50. The van der Waals surface area contributed by atoms with Gasteiger partial charge in [0.1, 0.15) is 0 Å². The van der Waals surface area contributed by atoms with Gasteiger partial charge >= 0.3 is 0 Å². The Labute approximate surface area is 143 Å². The number of nitrogens with one attached hydrogen (secondary N) is 2. The molecule has 130 valence electrons. The van der Waals surface area contributed by atoms with Gasteiger partial charge in [0.25, 0.3) is 5.91 Å². The highest BCUT2D eigenvalue weighted by molar-refractivity contribution is 6.00. The van der Waals surface area contributed by atoms with E-state index in [1.54, 1.807) is 0 Å². The van der Waals surface area contributed by atoms with Crippen LogP contribution >= 0.6 is 0 Å². The third-order valence-electron chi connectivity index (χ3n) is 5.08. The van der Waals surface area contributed by atoms with Gasteiger partial charge in [-0.2, -0.15) is 0 Å². The maximum absolute atomic E-state index is 12.6. The highest BCUT2D eigenvalue weighted by Crippen LogP contribution is 2.23. The highest BCUT2D eigenvalue weighted by atomic mass is 16.5. The molecule has 2 fully saturated rings. The van der Waals surface area contributed by atoms with Crippen LogP contribution in [-0.2, 0) is 9.53 Å². The molecule has 0 spiro atoms. The van der Waals surface area contributed by atoms with Gasteiger partial charge < -0.3 is 15.4 Å². The molecular weight excluding hydrogens is 304 g/mol. The maximum Gasteiger partial charge on any atom is 0.251 e. The number of ether oxygens (including phenoxy) is 1. The van der Waals surface area contributed by atoms with Gasteiger partial charge in [0.05, 0.1) is 12.5 Å². The highest BCUT2D eigenvalue weighted by Gasteiger charge is 2.24. The smallest absolute Gasteiger partial charge is 0.251 e. The summed E-state index contributed by atoms with van der Waals surface area (Å²) in [4.78, 5) is 24.9. The van der Waals surface area contributed by atoms with E-state index >= 15 is 0 Å². The molecule has 1 aliphatic carbocycles. The van der Waals surface area contributed by atoms with E-state index in [1.807, 2.05) is 25.1 Å². The lowest BCUT2D eigenvalue weighted by Gasteiger charge is -2.23. The van der Waals surface area contributed by atoms with Gasteiger partial charge in [-0.1, -0.05) is 25.3 Å². The number of rotatable bonds is 4. The first kappa shape index (κ1) is 17.0. The molecule has 1 heterocycles.